The number of nitrogens with two attached hydrogens (primary N) is 1. The highest BCUT2D eigenvalue weighted by Gasteiger charge is 2.27. The van der Waals surface area contributed by atoms with Crippen molar-refractivity contribution in [1.82, 2.24) is 15.2 Å². The number of nitrogens with one attached hydrogen (secondary N) is 1. The second kappa shape index (κ2) is 6.81. The summed E-state index contributed by atoms with van der Waals surface area (Å²) >= 11 is 0. The number of hydrogen-bond acceptors (Lipinski definition) is 4. The average Bonchev–Trinajstić information content (AvgIpc) is 3.23. The van der Waals surface area contributed by atoms with Crippen molar-refractivity contribution in [1.29, 1.82) is 0 Å². The molecule has 2 unspecified atom stereocenters. The van der Waals surface area contributed by atoms with E-state index in [1.165, 1.54) is 0 Å². The molecule has 1 aromatic rings. The van der Waals surface area contributed by atoms with Gasteiger partial charge in [0.2, 0.25) is 5.91 Å². The van der Waals surface area contributed by atoms with Crippen LogP contribution in [0.2, 0.25) is 0 Å². The summed E-state index contributed by atoms with van der Waals surface area (Å²) in [5.74, 6) is 0.0761. The Bertz CT molecular complexity index is 433. The van der Waals surface area contributed by atoms with E-state index in [0.717, 1.165) is 24.8 Å². The lowest BCUT2D eigenvalue weighted by molar-refractivity contribution is -0.122. The fourth-order valence-electron chi connectivity index (χ4n) is 2.43. The summed E-state index contributed by atoms with van der Waals surface area (Å²) in [6, 6.07) is 4.31. The number of pyridine rings is 1. The molecule has 1 saturated carbocycles. The molecule has 1 amide bonds. The second-order valence-corrected chi connectivity index (χ2v) is 5.56. The van der Waals surface area contributed by atoms with Crippen molar-refractivity contribution >= 4 is 5.91 Å². The zero-order valence-electron chi connectivity index (χ0n) is 12.2. The van der Waals surface area contributed by atoms with Crippen LogP contribution in [0, 0.1) is 0 Å². The molecule has 0 aliphatic heterocycles. The van der Waals surface area contributed by atoms with Crippen LogP contribution < -0.4 is 11.1 Å². The molecule has 0 spiro atoms. The number of amides is 1. The molecule has 2 rings (SSSR count). The number of carbonyl (C=O) groups is 1. The summed E-state index contributed by atoms with van der Waals surface area (Å²) in [4.78, 5) is 18.1. The summed E-state index contributed by atoms with van der Waals surface area (Å²) in [5, 5.41) is 3.01. The van der Waals surface area contributed by atoms with Crippen molar-refractivity contribution < 1.29 is 4.79 Å². The lowest BCUT2D eigenvalue weighted by Gasteiger charge is -2.32. The molecule has 0 saturated heterocycles. The van der Waals surface area contributed by atoms with E-state index in [0.29, 0.717) is 12.6 Å². The number of hydrogen-bond donors (Lipinski definition) is 2. The van der Waals surface area contributed by atoms with Crippen molar-refractivity contribution in [3.63, 3.8) is 0 Å². The largest absolute Gasteiger partial charge is 0.352 e. The highest BCUT2D eigenvalue weighted by atomic mass is 16.2. The summed E-state index contributed by atoms with van der Waals surface area (Å²) in [6.07, 6.45) is 6.65. The fourth-order valence-corrected chi connectivity index (χ4v) is 2.43. The van der Waals surface area contributed by atoms with E-state index in [-0.39, 0.29) is 18.0 Å². The molecule has 3 N–H and O–H groups in total. The van der Waals surface area contributed by atoms with Crippen molar-refractivity contribution in [3.05, 3.63) is 30.1 Å². The number of nitrogens with zero attached hydrogens (tertiary/aromatic N) is 2. The third-order valence-corrected chi connectivity index (χ3v) is 3.71. The van der Waals surface area contributed by atoms with Crippen LogP contribution in [-0.4, -0.2) is 41.5 Å². The molecule has 0 bridgehead atoms. The third-order valence-electron chi connectivity index (χ3n) is 3.71. The third kappa shape index (κ3) is 4.02. The molecule has 20 heavy (non-hydrogen) atoms. The van der Waals surface area contributed by atoms with E-state index in [4.69, 9.17) is 5.73 Å². The van der Waals surface area contributed by atoms with Gasteiger partial charge in [0.1, 0.15) is 0 Å². The van der Waals surface area contributed by atoms with Gasteiger partial charge in [-0.25, -0.2) is 0 Å². The van der Waals surface area contributed by atoms with Gasteiger partial charge in [-0.2, -0.15) is 0 Å². The summed E-state index contributed by atoms with van der Waals surface area (Å²) in [7, 11) is 1.94. The Hall–Kier alpha value is -1.46. The SMILES string of the molecule is CCC(N)C(c1cccnc1)N(C)CC(=O)NC1CC1. The first-order valence-electron chi connectivity index (χ1n) is 7.27. The Morgan fingerprint density at radius 3 is 2.90 bits per heavy atom. The van der Waals surface area contributed by atoms with E-state index >= 15 is 0 Å². The van der Waals surface area contributed by atoms with Gasteiger partial charge >= 0.3 is 0 Å². The lowest BCUT2D eigenvalue weighted by atomic mass is 9.98. The number of aromatic nitrogens is 1. The van der Waals surface area contributed by atoms with E-state index < -0.39 is 0 Å². The van der Waals surface area contributed by atoms with E-state index in [2.05, 4.69) is 17.2 Å². The smallest absolute Gasteiger partial charge is 0.234 e. The van der Waals surface area contributed by atoms with Crippen molar-refractivity contribution in [3.8, 4) is 0 Å². The molecule has 5 nitrogen and oxygen atoms in total. The normalized spacial score (nSPS) is 17.8. The molecule has 110 valence electrons. The minimum atomic E-state index is -0.0158. The van der Waals surface area contributed by atoms with Crippen molar-refractivity contribution in [2.75, 3.05) is 13.6 Å². The minimum Gasteiger partial charge on any atom is -0.352 e. The first kappa shape index (κ1) is 14.9. The Morgan fingerprint density at radius 1 is 1.60 bits per heavy atom. The van der Waals surface area contributed by atoms with Crippen molar-refractivity contribution in [2.45, 2.75) is 44.3 Å². The van der Waals surface area contributed by atoms with Gasteiger partial charge in [0.25, 0.3) is 0 Å². The van der Waals surface area contributed by atoms with Crippen molar-refractivity contribution in [2.24, 2.45) is 5.73 Å². The van der Waals surface area contributed by atoms with Crippen LogP contribution in [0.3, 0.4) is 0 Å². The maximum atomic E-state index is 11.9. The average molecular weight is 276 g/mol. The predicted molar refractivity (Wildman–Crippen MR) is 79.0 cm³/mol. The van der Waals surface area contributed by atoms with E-state index in [1.54, 1.807) is 6.20 Å². The summed E-state index contributed by atoms with van der Waals surface area (Å²) < 4.78 is 0. The molecule has 5 heteroatoms. The Labute approximate surface area is 120 Å². The van der Waals surface area contributed by atoms with Crippen LogP contribution in [0.25, 0.3) is 0 Å². The second-order valence-electron chi connectivity index (χ2n) is 5.56. The molecular formula is C15H24N4O. The van der Waals surface area contributed by atoms with E-state index in [1.807, 2.05) is 30.3 Å². The van der Waals surface area contributed by atoms with Crippen LogP contribution in [0.15, 0.2) is 24.5 Å². The van der Waals surface area contributed by atoms with Gasteiger partial charge in [-0.1, -0.05) is 13.0 Å². The highest BCUT2D eigenvalue weighted by Crippen LogP contribution is 2.23. The monoisotopic (exact) mass is 276 g/mol. The first-order chi connectivity index (χ1) is 9.61. The van der Waals surface area contributed by atoms with Crippen LogP contribution in [0.5, 0.6) is 0 Å². The number of likely N-dealkylation sites (N-methyl/N-ethyl adjacent to an activating group) is 1. The molecule has 0 radical (unpaired) electrons. The van der Waals surface area contributed by atoms with E-state index in [9.17, 15) is 4.79 Å². The highest BCUT2D eigenvalue weighted by molar-refractivity contribution is 5.78. The molecule has 2 atom stereocenters. The maximum absolute atomic E-state index is 11.9. The summed E-state index contributed by atoms with van der Waals surface area (Å²) in [5.41, 5.74) is 7.30. The molecule has 1 aliphatic carbocycles. The number of rotatable bonds is 7. The summed E-state index contributed by atoms with van der Waals surface area (Å²) in [6.45, 7) is 2.43. The topological polar surface area (TPSA) is 71.2 Å². The Morgan fingerprint density at radius 2 is 2.35 bits per heavy atom. The Kier molecular flexibility index (Phi) is 5.09. The van der Waals surface area contributed by atoms with Gasteiger partial charge in [-0.15, -0.1) is 0 Å². The van der Waals surface area contributed by atoms with Gasteiger partial charge in [-0.3, -0.25) is 14.7 Å². The molecular weight excluding hydrogens is 252 g/mol. The van der Waals surface area contributed by atoms with Gasteiger partial charge in [0, 0.05) is 24.5 Å². The van der Waals surface area contributed by atoms with Crippen LogP contribution in [0.4, 0.5) is 0 Å². The molecule has 1 heterocycles. The minimum absolute atomic E-state index is 0.0126. The van der Waals surface area contributed by atoms with Crippen LogP contribution in [-0.2, 0) is 4.79 Å². The van der Waals surface area contributed by atoms with Crippen LogP contribution in [0.1, 0.15) is 37.8 Å². The quantitative estimate of drug-likeness (QED) is 0.781. The molecule has 1 fully saturated rings. The van der Waals surface area contributed by atoms with Gasteiger partial charge in [0.15, 0.2) is 0 Å². The maximum Gasteiger partial charge on any atom is 0.234 e. The predicted octanol–water partition coefficient (Wildman–Crippen LogP) is 1.07. The first-order valence-corrected chi connectivity index (χ1v) is 7.27. The Balaban J connectivity index is 2.03. The van der Waals surface area contributed by atoms with Gasteiger partial charge in [0.05, 0.1) is 12.6 Å². The zero-order valence-corrected chi connectivity index (χ0v) is 12.2. The standard InChI is InChI=1S/C15H24N4O/c1-3-13(16)15(11-5-4-8-17-9-11)19(2)10-14(20)18-12-6-7-12/h4-5,8-9,12-13,15H,3,6-7,10,16H2,1-2H3,(H,18,20). The van der Waals surface area contributed by atoms with Gasteiger partial charge in [-0.05, 0) is 37.9 Å². The lowest BCUT2D eigenvalue weighted by Crippen LogP contribution is -2.44. The van der Waals surface area contributed by atoms with Crippen LogP contribution >= 0.6 is 0 Å². The zero-order chi connectivity index (χ0) is 14.5. The van der Waals surface area contributed by atoms with Gasteiger partial charge < -0.3 is 11.1 Å². The fraction of sp³-hybridized carbons (Fsp3) is 0.600. The molecule has 1 aliphatic rings. The molecule has 1 aromatic heterocycles. The number of carbonyl (C=O) groups excluding carboxylic acids is 1. The molecule has 0 aromatic carbocycles.